The van der Waals surface area contributed by atoms with Crippen molar-refractivity contribution in [2.75, 3.05) is 20.4 Å². The molecule has 0 saturated carbocycles. The topological polar surface area (TPSA) is 45.7 Å². The number of guanidine groups is 1. The zero-order valence-electron chi connectivity index (χ0n) is 15.5. The molecule has 0 amide bonds. The normalized spacial score (nSPS) is 11.5. The molecule has 2 rings (SSSR count). The molecule has 0 fully saturated rings. The molecule has 4 nitrogen and oxygen atoms in total. The van der Waals surface area contributed by atoms with Gasteiger partial charge in [-0.05, 0) is 40.6 Å². The summed E-state index contributed by atoms with van der Waals surface area (Å²) in [5.41, 5.74) is 4.38. The average Bonchev–Trinajstić information content (AvgIpc) is 2.64. The van der Waals surface area contributed by atoms with Crippen LogP contribution in [0.25, 0.3) is 0 Å². The third kappa shape index (κ3) is 6.35. The molecule has 0 radical (unpaired) electrons. The summed E-state index contributed by atoms with van der Waals surface area (Å²) in [6.07, 6.45) is 2.01. The molecule has 2 aromatic carbocycles. The predicted molar refractivity (Wildman–Crippen MR) is 108 cm³/mol. The van der Waals surface area contributed by atoms with Crippen molar-refractivity contribution in [3.63, 3.8) is 0 Å². The molecule has 2 aromatic rings. The van der Waals surface area contributed by atoms with Crippen LogP contribution >= 0.6 is 11.8 Å². The number of hydrogen-bond donors (Lipinski definition) is 2. The van der Waals surface area contributed by atoms with Crippen molar-refractivity contribution >= 4 is 17.7 Å². The van der Waals surface area contributed by atoms with Crippen LogP contribution in [0.4, 0.5) is 4.39 Å². The SMILES string of the molecule is CN=C(NCc1cccc(COC)c1)NCc1ccc(F)cc1CSC. The van der Waals surface area contributed by atoms with Crippen LogP contribution in [-0.4, -0.2) is 26.4 Å². The lowest BCUT2D eigenvalue weighted by Gasteiger charge is -2.14. The van der Waals surface area contributed by atoms with E-state index in [1.165, 1.54) is 6.07 Å². The summed E-state index contributed by atoms with van der Waals surface area (Å²) in [7, 11) is 3.43. The lowest BCUT2D eigenvalue weighted by Crippen LogP contribution is -2.36. The van der Waals surface area contributed by atoms with E-state index in [1.807, 2.05) is 24.5 Å². The number of ether oxygens (including phenoxy) is 1. The first-order valence-electron chi connectivity index (χ1n) is 8.43. The van der Waals surface area contributed by atoms with Crippen LogP contribution in [0.1, 0.15) is 22.3 Å². The molecule has 0 aliphatic rings. The van der Waals surface area contributed by atoms with Crippen LogP contribution in [0.2, 0.25) is 0 Å². The largest absolute Gasteiger partial charge is 0.380 e. The summed E-state index contributed by atoms with van der Waals surface area (Å²) in [5.74, 6) is 1.30. The fourth-order valence-corrected chi connectivity index (χ4v) is 3.22. The highest BCUT2D eigenvalue weighted by molar-refractivity contribution is 7.97. The maximum Gasteiger partial charge on any atom is 0.191 e. The third-order valence-corrected chi connectivity index (χ3v) is 4.50. The Morgan fingerprint density at radius 1 is 1.08 bits per heavy atom. The lowest BCUT2D eigenvalue weighted by atomic mass is 10.1. The number of rotatable bonds is 8. The Balaban J connectivity index is 1.93. The zero-order chi connectivity index (χ0) is 18.8. The number of methoxy groups -OCH3 is 1. The van der Waals surface area contributed by atoms with Gasteiger partial charge in [0.15, 0.2) is 5.96 Å². The van der Waals surface area contributed by atoms with E-state index in [-0.39, 0.29) is 5.82 Å². The van der Waals surface area contributed by atoms with Gasteiger partial charge in [-0.25, -0.2) is 4.39 Å². The minimum Gasteiger partial charge on any atom is -0.380 e. The van der Waals surface area contributed by atoms with E-state index in [2.05, 4.69) is 27.8 Å². The number of aliphatic imine (C=N–C) groups is 1. The molecule has 140 valence electrons. The molecule has 0 saturated heterocycles. The van der Waals surface area contributed by atoms with Gasteiger partial charge in [-0.3, -0.25) is 4.99 Å². The molecule has 0 aromatic heterocycles. The summed E-state index contributed by atoms with van der Waals surface area (Å²) < 4.78 is 18.6. The summed E-state index contributed by atoms with van der Waals surface area (Å²) in [6, 6.07) is 13.2. The van der Waals surface area contributed by atoms with Crippen molar-refractivity contribution in [2.24, 2.45) is 4.99 Å². The summed E-state index contributed by atoms with van der Waals surface area (Å²) in [4.78, 5) is 4.26. The number of nitrogens with one attached hydrogen (secondary N) is 2. The Kier molecular flexibility index (Phi) is 8.44. The van der Waals surface area contributed by atoms with Gasteiger partial charge in [0.05, 0.1) is 6.61 Å². The second kappa shape index (κ2) is 10.8. The Hall–Kier alpha value is -2.05. The number of halogens is 1. The van der Waals surface area contributed by atoms with Crippen molar-refractivity contribution in [1.29, 1.82) is 0 Å². The standard InChI is InChI=1S/C20H26FN3OS/c1-22-20(23-11-15-5-4-6-16(9-15)13-25-2)24-12-17-7-8-19(21)10-18(17)14-26-3/h4-10H,11-14H2,1-3H3,(H2,22,23,24). The van der Waals surface area contributed by atoms with Crippen LogP contribution in [0.5, 0.6) is 0 Å². The van der Waals surface area contributed by atoms with Gasteiger partial charge in [-0.2, -0.15) is 11.8 Å². The molecular formula is C20H26FN3OS. The Bertz CT molecular complexity index is 737. The molecule has 0 aliphatic carbocycles. The summed E-state index contributed by atoms with van der Waals surface area (Å²) in [6.45, 7) is 1.86. The second-order valence-corrected chi connectivity index (χ2v) is 6.74. The van der Waals surface area contributed by atoms with E-state index in [0.717, 1.165) is 28.0 Å². The monoisotopic (exact) mass is 375 g/mol. The highest BCUT2D eigenvalue weighted by Gasteiger charge is 2.06. The van der Waals surface area contributed by atoms with Gasteiger partial charge in [-0.15, -0.1) is 0 Å². The van der Waals surface area contributed by atoms with Crippen LogP contribution in [0.15, 0.2) is 47.5 Å². The first-order chi connectivity index (χ1) is 12.7. The fraction of sp³-hybridized carbons (Fsp3) is 0.350. The van der Waals surface area contributed by atoms with Gasteiger partial charge in [0, 0.05) is 33.0 Å². The average molecular weight is 376 g/mol. The zero-order valence-corrected chi connectivity index (χ0v) is 16.3. The molecule has 0 atom stereocenters. The van der Waals surface area contributed by atoms with Crippen LogP contribution in [-0.2, 0) is 30.2 Å². The summed E-state index contributed by atoms with van der Waals surface area (Å²) in [5, 5.41) is 6.60. The van der Waals surface area contributed by atoms with Gasteiger partial charge in [0.25, 0.3) is 0 Å². The fourth-order valence-electron chi connectivity index (χ4n) is 2.64. The van der Waals surface area contributed by atoms with Gasteiger partial charge in [0.1, 0.15) is 5.82 Å². The van der Waals surface area contributed by atoms with E-state index in [0.29, 0.717) is 25.7 Å². The van der Waals surface area contributed by atoms with Crippen molar-refractivity contribution in [1.82, 2.24) is 10.6 Å². The molecule has 26 heavy (non-hydrogen) atoms. The lowest BCUT2D eigenvalue weighted by molar-refractivity contribution is 0.185. The molecule has 0 aliphatic heterocycles. The Morgan fingerprint density at radius 3 is 2.58 bits per heavy atom. The van der Waals surface area contributed by atoms with Gasteiger partial charge >= 0.3 is 0 Å². The molecule has 0 spiro atoms. The second-order valence-electron chi connectivity index (χ2n) is 5.88. The molecule has 0 bridgehead atoms. The van der Waals surface area contributed by atoms with Crippen molar-refractivity contribution in [2.45, 2.75) is 25.4 Å². The van der Waals surface area contributed by atoms with Crippen molar-refractivity contribution in [3.8, 4) is 0 Å². The third-order valence-electron chi connectivity index (χ3n) is 3.90. The highest BCUT2D eigenvalue weighted by atomic mass is 32.2. The van der Waals surface area contributed by atoms with Gasteiger partial charge in [0.2, 0.25) is 0 Å². The van der Waals surface area contributed by atoms with Crippen LogP contribution < -0.4 is 10.6 Å². The van der Waals surface area contributed by atoms with E-state index in [1.54, 1.807) is 32.0 Å². The van der Waals surface area contributed by atoms with Crippen LogP contribution in [0, 0.1) is 5.82 Å². The minimum atomic E-state index is -0.198. The molecular weight excluding hydrogens is 349 g/mol. The van der Waals surface area contributed by atoms with Crippen LogP contribution in [0.3, 0.4) is 0 Å². The smallest absolute Gasteiger partial charge is 0.191 e. The summed E-state index contributed by atoms with van der Waals surface area (Å²) >= 11 is 1.68. The van der Waals surface area contributed by atoms with Gasteiger partial charge in [-0.1, -0.05) is 30.3 Å². The van der Waals surface area contributed by atoms with E-state index in [4.69, 9.17) is 4.74 Å². The molecule has 6 heteroatoms. The molecule has 0 unspecified atom stereocenters. The minimum absolute atomic E-state index is 0.198. The Labute approximate surface area is 159 Å². The number of benzene rings is 2. The van der Waals surface area contributed by atoms with Gasteiger partial charge < -0.3 is 15.4 Å². The first-order valence-corrected chi connectivity index (χ1v) is 9.83. The van der Waals surface area contributed by atoms with Crippen molar-refractivity contribution in [3.05, 3.63) is 70.5 Å². The van der Waals surface area contributed by atoms with E-state index >= 15 is 0 Å². The van der Waals surface area contributed by atoms with E-state index < -0.39 is 0 Å². The quantitative estimate of drug-likeness (QED) is 0.546. The maximum absolute atomic E-state index is 13.5. The van der Waals surface area contributed by atoms with E-state index in [9.17, 15) is 4.39 Å². The van der Waals surface area contributed by atoms with Crippen molar-refractivity contribution < 1.29 is 9.13 Å². The predicted octanol–water partition coefficient (Wildman–Crippen LogP) is 3.70. The number of hydrogen-bond acceptors (Lipinski definition) is 3. The molecule has 2 N–H and O–H groups in total. The number of nitrogens with zero attached hydrogens (tertiary/aromatic N) is 1. The Morgan fingerprint density at radius 2 is 1.85 bits per heavy atom. The molecule has 0 heterocycles. The number of thioether (sulfide) groups is 1. The first kappa shape index (κ1) is 20.3. The highest BCUT2D eigenvalue weighted by Crippen LogP contribution is 2.16. The maximum atomic E-state index is 13.5.